The average molecular weight is 240 g/mol. The van der Waals surface area contributed by atoms with Crippen LogP contribution in [0.5, 0.6) is 0 Å². The van der Waals surface area contributed by atoms with E-state index >= 15 is 0 Å². The van der Waals surface area contributed by atoms with E-state index in [0.29, 0.717) is 6.42 Å². The van der Waals surface area contributed by atoms with Crippen LogP contribution in [0.4, 0.5) is 0 Å². The maximum absolute atomic E-state index is 11.8. The molecule has 1 N–H and O–H groups in total. The Morgan fingerprint density at radius 3 is 2.82 bits per heavy atom. The van der Waals surface area contributed by atoms with Gasteiger partial charge >= 0.3 is 5.97 Å². The molecule has 0 bridgehead atoms. The van der Waals surface area contributed by atoms with Gasteiger partial charge in [0.05, 0.1) is 19.1 Å². The van der Waals surface area contributed by atoms with E-state index in [2.05, 4.69) is 6.92 Å². The van der Waals surface area contributed by atoms with Crippen molar-refractivity contribution in [1.29, 1.82) is 0 Å². The second-order valence-corrected chi connectivity index (χ2v) is 4.97. The first-order chi connectivity index (χ1) is 8.10. The quantitative estimate of drug-likeness (QED) is 0.456. The predicted molar refractivity (Wildman–Crippen MR) is 67.5 cm³/mol. The third-order valence-corrected chi connectivity index (χ3v) is 3.60. The van der Waals surface area contributed by atoms with E-state index in [1.54, 1.807) is 6.08 Å². The fourth-order valence-electron chi connectivity index (χ4n) is 2.74. The lowest BCUT2D eigenvalue weighted by atomic mass is 9.75. The van der Waals surface area contributed by atoms with Crippen LogP contribution in [-0.2, 0) is 9.53 Å². The van der Waals surface area contributed by atoms with Gasteiger partial charge in [0.2, 0.25) is 0 Å². The molecule has 0 saturated carbocycles. The number of aliphatic hydroxyl groups excluding tert-OH is 1. The van der Waals surface area contributed by atoms with Crippen molar-refractivity contribution >= 4 is 5.97 Å². The van der Waals surface area contributed by atoms with Gasteiger partial charge in [0.1, 0.15) is 0 Å². The predicted octanol–water partition coefficient (Wildman–Crippen LogP) is 2.68. The van der Waals surface area contributed by atoms with Crippen LogP contribution in [0, 0.1) is 11.8 Å². The number of carbonyl (C=O) groups is 1. The highest BCUT2D eigenvalue weighted by Gasteiger charge is 2.34. The Balaban J connectivity index is 2.70. The van der Waals surface area contributed by atoms with E-state index in [9.17, 15) is 9.90 Å². The molecule has 0 spiro atoms. The molecule has 0 aromatic heterocycles. The number of rotatable bonds is 5. The van der Waals surface area contributed by atoms with E-state index in [1.165, 1.54) is 20.0 Å². The van der Waals surface area contributed by atoms with Gasteiger partial charge < -0.3 is 9.84 Å². The molecule has 3 nitrogen and oxygen atoms in total. The molecule has 1 aliphatic rings. The number of hydrogen-bond donors (Lipinski definition) is 1. The summed E-state index contributed by atoms with van der Waals surface area (Å²) in [5, 5.41) is 9.75. The fourth-order valence-corrected chi connectivity index (χ4v) is 2.74. The zero-order chi connectivity index (χ0) is 12.8. The maximum Gasteiger partial charge on any atom is 0.313 e. The number of aliphatic hydroxyl groups is 1. The van der Waals surface area contributed by atoms with E-state index in [1.807, 2.05) is 6.92 Å². The molecule has 0 aromatic rings. The minimum atomic E-state index is -0.400. The number of ether oxygens (including phenoxy) is 1. The molecule has 98 valence electrons. The van der Waals surface area contributed by atoms with Gasteiger partial charge in [0.15, 0.2) is 0 Å². The smallest absolute Gasteiger partial charge is 0.313 e. The van der Waals surface area contributed by atoms with Crippen molar-refractivity contribution in [3.8, 4) is 0 Å². The van der Waals surface area contributed by atoms with Gasteiger partial charge in [0, 0.05) is 0 Å². The Hall–Kier alpha value is -0.830. The third-order valence-electron chi connectivity index (χ3n) is 3.60. The van der Waals surface area contributed by atoms with Gasteiger partial charge in [-0.25, -0.2) is 0 Å². The standard InChI is InChI=1S/C14H24O3/c1-4-5-6-7-11-9-12(15)8-10(2)13(11)14(16)17-3/h8,11-13,15H,4-7,9H2,1-3H3/t11-,12-,13-/m0/s1. The van der Waals surface area contributed by atoms with Crippen molar-refractivity contribution in [2.75, 3.05) is 7.11 Å². The number of hydrogen-bond acceptors (Lipinski definition) is 3. The molecule has 0 radical (unpaired) electrons. The summed E-state index contributed by atoms with van der Waals surface area (Å²) in [4.78, 5) is 11.8. The Morgan fingerprint density at radius 2 is 2.24 bits per heavy atom. The minimum absolute atomic E-state index is 0.153. The molecule has 0 fully saturated rings. The molecule has 0 saturated heterocycles. The highest BCUT2D eigenvalue weighted by Crippen LogP contribution is 2.35. The Labute approximate surface area is 104 Å². The normalized spacial score (nSPS) is 28.7. The van der Waals surface area contributed by atoms with Crippen LogP contribution in [0.3, 0.4) is 0 Å². The van der Waals surface area contributed by atoms with Crippen LogP contribution in [0.15, 0.2) is 11.6 Å². The Kier molecular flexibility index (Phi) is 5.69. The molecule has 0 aliphatic heterocycles. The second-order valence-electron chi connectivity index (χ2n) is 4.97. The van der Waals surface area contributed by atoms with Crippen molar-refractivity contribution in [1.82, 2.24) is 0 Å². The summed E-state index contributed by atoms with van der Waals surface area (Å²) in [6.07, 6.45) is 6.54. The van der Waals surface area contributed by atoms with E-state index in [-0.39, 0.29) is 17.8 Å². The number of carbonyl (C=O) groups excluding carboxylic acids is 1. The minimum Gasteiger partial charge on any atom is -0.469 e. The van der Waals surface area contributed by atoms with Gasteiger partial charge in [0.25, 0.3) is 0 Å². The van der Waals surface area contributed by atoms with Crippen LogP contribution in [0.25, 0.3) is 0 Å². The molecule has 1 rings (SSSR count). The zero-order valence-corrected chi connectivity index (χ0v) is 11.1. The van der Waals surface area contributed by atoms with Gasteiger partial charge in [-0.3, -0.25) is 4.79 Å². The highest BCUT2D eigenvalue weighted by molar-refractivity contribution is 5.76. The number of esters is 1. The third kappa shape index (κ3) is 3.84. The maximum atomic E-state index is 11.8. The topological polar surface area (TPSA) is 46.5 Å². The summed E-state index contributed by atoms with van der Waals surface area (Å²) in [5.74, 6) is -0.0820. The zero-order valence-electron chi connectivity index (χ0n) is 11.1. The van der Waals surface area contributed by atoms with Crippen LogP contribution in [0.1, 0.15) is 46.0 Å². The van der Waals surface area contributed by atoms with Gasteiger partial charge in [-0.05, 0) is 25.7 Å². The summed E-state index contributed by atoms with van der Waals surface area (Å²) in [6, 6.07) is 0. The average Bonchev–Trinajstić information content (AvgIpc) is 2.28. The molecule has 0 amide bonds. The lowest BCUT2D eigenvalue weighted by Crippen LogP contribution is -2.32. The van der Waals surface area contributed by atoms with Crippen LogP contribution >= 0.6 is 0 Å². The number of unbranched alkanes of at least 4 members (excludes halogenated alkanes) is 2. The summed E-state index contributed by atoms with van der Waals surface area (Å²) < 4.78 is 4.87. The fraction of sp³-hybridized carbons (Fsp3) is 0.786. The van der Waals surface area contributed by atoms with Gasteiger partial charge in [-0.1, -0.05) is 37.8 Å². The largest absolute Gasteiger partial charge is 0.469 e. The lowest BCUT2D eigenvalue weighted by Gasteiger charge is -2.31. The van der Waals surface area contributed by atoms with E-state index in [4.69, 9.17) is 4.74 Å². The molecular formula is C14H24O3. The molecule has 0 unspecified atom stereocenters. The Morgan fingerprint density at radius 1 is 1.53 bits per heavy atom. The molecule has 0 heterocycles. The summed E-state index contributed by atoms with van der Waals surface area (Å²) in [5.41, 5.74) is 0.956. The van der Waals surface area contributed by atoms with Crippen molar-refractivity contribution in [2.45, 2.75) is 52.1 Å². The van der Waals surface area contributed by atoms with Crippen LogP contribution in [0.2, 0.25) is 0 Å². The molecule has 17 heavy (non-hydrogen) atoms. The first-order valence-corrected chi connectivity index (χ1v) is 6.54. The van der Waals surface area contributed by atoms with E-state index < -0.39 is 6.10 Å². The molecule has 3 heteroatoms. The number of methoxy groups -OCH3 is 1. The summed E-state index contributed by atoms with van der Waals surface area (Å²) in [6.45, 7) is 4.08. The van der Waals surface area contributed by atoms with E-state index in [0.717, 1.165) is 18.4 Å². The monoisotopic (exact) mass is 240 g/mol. The lowest BCUT2D eigenvalue weighted by molar-refractivity contribution is -0.146. The first-order valence-electron chi connectivity index (χ1n) is 6.54. The molecule has 1 aliphatic carbocycles. The molecule has 0 aromatic carbocycles. The van der Waals surface area contributed by atoms with Crippen molar-refractivity contribution in [3.63, 3.8) is 0 Å². The van der Waals surface area contributed by atoms with Crippen molar-refractivity contribution < 1.29 is 14.6 Å². The van der Waals surface area contributed by atoms with Gasteiger partial charge in [-0.15, -0.1) is 0 Å². The first kappa shape index (κ1) is 14.2. The molecular weight excluding hydrogens is 216 g/mol. The second kappa shape index (κ2) is 6.80. The highest BCUT2D eigenvalue weighted by atomic mass is 16.5. The van der Waals surface area contributed by atoms with Crippen LogP contribution < -0.4 is 0 Å². The van der Waals surface area contributed by atoms with Crippen molar-refractivity contribution in [3.05, 3.63) is 11.6 Å². The van der Waals surface area contributed by atoms with Crippen LogP contribution in [-0.4, -0.2) is 24.3 Å². The van der Waals surface area contributed by atoms with Gasteiger partial charge in [-0.2, -0.15) is 0 Å². The SMILES string of the molecule is CCCCC[C@H]1C[C@@H](O)C=C(C)[C@@H]1C(=O)OC. The summed E-state index contributed by atoms with van der Waals surface area (Å²) >= 11 is 0. The molecule has 3 atom stereocenters. The summed E-state index contributed by atoms with van der Waals surface area (Å²) in [7, 11) is 1.43. The Bertz CT molecular complexity index is 283. The van der Waals surface area contributed by atoms with Crippen molar-refractivity contribution in [2.24, 2.45) is 11.8 Å².